The topological polar surface area (TPSA) is 32.3 Å². The van der Waals surface area contributed by atoms with Crippen LogP contribution in [0.1, 0.15) is 65.7 Å². The molecule has 3 rings (SSSR count). The summed E-state index contributed by atoms with van der Waals surface area (Å²) in [6.07, 6.45) is 8.97. The highest BCUT2D eigenvalue weighted by molar-refractivity contribution is 5.84. The Morgan fingerprint density at radius 3 is 2.55 bits per heavy atom. The van der Waals surface area contributed by atoms with E-state index in [1.165, 1.54) is 25.7 Å². The number of rotatable bonds is 7. The second kappa shape index (κ2) is 5.32. The number of nitrogens with one attached hydrogen (secondary N) is 1. The lowest BCUT2D eigenvalue weighted by Crippen LogP contribution is -2.42. The van der Waals surface area contributed by atoms with Crippen molar-refractivity contribution in [1.29, 1.82) is 0 Å². The smallest absolute Gasteiger partial charge is 0.241 e. The number of hydrogen-bond donors (Lipinski definition) is 1. The minimum Gasteiger partial charge on any atom is -0.325 e. The van der Waals surface area contributed by atoms with Crippen molar-refractivity contribution in [1.82, 2.24) is 10.2 Å². The van der Waals surface area contributed by atoms with Gasteiger partial charge in [-0.3, -0.25) is 10.1 Å². The normalized spacial score (nSPS) is 32.2. The van der Waals surface area contributed by atoms with E-state index in [1.807, 2.05) is 0 Å². The molecule has 114 valence electrons. The fraction of sp³-hybridized carbons (Fsp3) is 0.941. The molecule has 1 aliphatic heterocycles. The molecule has 3 fully saturated rings. The molecule has 0 aromatic carbocycles. The number of nitrogens with zero attached hydrogens (tertiary/aromatic N) is 1. The van der Waals surface area contributed by atoms with E-state index in [0.717, 1.165) is 31.7 Å². The lowest BCUT2D eigenvalue weighted by atomic mass is 9.99. The van der Waals surface area contributed by atoms with Crippen LogP contribution in [0.3, 0.4) is 0 Å². The van der Waals surface area contributed by atoms with Crippen LogP contribution in [-0.4, -0.2) is 29.6 Å². The molecule has 1 heterocycles. The minimum absolute atomic E-state index is 0.0822. The molecule has 3 aliphatic rings. The Balaban J connectivity index is 1.68. The van der Waals surface area contributed by atoms with Gasteiger partial charge in [0.15, 0.2) is 0 Å². The summed E-state index contributed by atoms with van der Waals surface area (Å²) in [6.45, 7) is 7.71. The molecule has 1 N–H and O–H groups in total. The van der Waals surface area contributed by atoms with Crippen molar-refractivity contribution in [3.8, 4) is 0 Å². The van der Waals surface area contributed by atoms with Gasteiger partial charge in [0, 0.05) is 6.54 Å². The van der Waals surface area contributed by atoms with Crippen molar-refractivity contribution < 1.29 is 4.79 Å². The summed E-state index contributed by atoms with van der Waals surface area (Å²) in [6, 6.07) is 0.0822. The van der Waals surface area contributed by atoms with Crippen LogP contribution >= 0.6 is 0 Å². The van der Waals surface area contributed by atoms with Gasteiger partial charge in [0.05, 0.1) is 12.2 Å². The van der Waals surface area contributed by atoms with Gasteiger partial charge in [0.2, 0.25) is 5.91 Å². The van der Waals surface area contributed by atoms with Crippen LogP contribution in [0.2, 0.25) is 0 Å². The standard InChI is InChI=1S/C17H30N2O/c1-4-5-14-16(20)19(15(18-14)10-12(2)3)11-17(8-9-17)13-6-7-13/h12-15,18H,4-11H2,1-3H3. The van der Waals surface area contributed by atoms with Crippen LogP contribution in [0, 0.1) is 17.3 Å². The third-order valence-corrected chi connectivity index (χ3v) is 5.44. The zero-order valence-electron chi connectivity index (χ0n) is 13.3. The number of carbonyl (C=O) groups excluding carboxylic acids is 1. The molecule has 2 atom stereocenters. The molecule has 1 amide bonds. The monoisotopic (exact) mass is 278 g/mol. The number of hydrogen-bond acceptors (Lipinski definition) is 2. The van der Waals surface area contributed by atoms with Gasteiger partial charge in [0.1, 0.15) is 0 Å². The van der Waals surface area contributed by atoms with Gasteiger partial charge in [-0.15, -0.1) is 0 Å². The average Bonchev–Trinajstić information content (AvgIpc) is 3.25. The minimum atomic E-state index is 0.0822. The molecule has 0 spiro atoms. The van der Waals surface area contributed by atoms with E-state index in [1.54, 1.807) is 0 Å². The predicted molar refractivity (Wildman–Crippen MR) is 81.2 cm³/mol. The van der Waals surface area contributed by atoms with E-state index < -0.39 is 0 Å². The van der Waals surface area contributed by atoms with Gasteiger partial charge >= 0.3 is 0 Å². The van der Waals surface area contributed by atoms with Gasteiger partial charge in [-0.25, -0.2) is 0 Å². The number of carbonyl (C=O) groups is 1. The fourth-order valence-corrected chi connectivity index (χ4v) is 3.96. The molecule has 0 aromatic rings. The van der Waals surface area contributed by atoms with E-state index >= 15 is 0 Å². The zero-order chi connectivity index (χ0) is 14.3. The van der Waals surface area contributed by atoms with Crippen molar-refractivity contribution in [3.05, 3.63) is 0 Å². The van der Waals surface area contributed by atoms with Gasteiger partial charge < -0.3 is 4.90 Å². The first kappa shape index (κ1) is 14.4. The van der Waals surface area contributed by atoms with Crippen molar-refractivity contribution in [2.24, 2.45) is 17.3 Å². The largest absolute Gasteiger partial charge is 0.325 e. The second-order valence-corrected chi connectivity index (χ2v) is 7.76. The van der Waals surface area contributed by atoms with Crippen LogP contribution in [-0.2, 0) is 4.79 Å². The summed E-state index contributed by atoms with van der Waals surface area (Å²) >= 11 is 0. The molecule has 2 saturated carbocycles. The third-order valence-electron chi connectivity index (χ3n) is 5.44. The van der Waals surface area contributed by atoms with Crippen LogP contribution in [0.15, 0.2) is 0 Å². The van der Waals surface area contributed by atoms with E-state index in [0.29, 0.717) is 17.2 Å². The van der Waals surface area contributed by atoms with Crippen molar-refractivity contribution in [2.75, 3.05) is 6.54 Å². The van der Waals surface area contributed by atoms with E-state index in [2.05, 4.69) is 31.0 Å². The predicted octanol–water partition coefficient (Wildman–Crippen LogP) is 3.15. The Bertz CT molecular complexity index is 371. The second-order valence-electron chi connectivity index (χ2n) is 7.76. The van der Waals surface area contributed by atoms with E-state index in [-0.39, 0.29) is 12.2 Å². The fourth-order valence-electron chi connectivity index (χ4n) is 3.96. The molecule has 3 nitrogen and oxygen atoms in total. The lowest BCUT2D eigenvalue weighted by molar-refractivity contribution is -0.131. The molecule has 2 aliphatic carbocycles. The zero-order valence-corrected chi connectivity index (χ0v) is 13.3. The molecular formula is C17H30N2O. The van der Waals surface area contributed by atoms with Crippen molar-refractivity contribution >= 4 is 5.91 Å². The van der Waals surface area contributed by atoms with Gasteiger partial charge in [-0.05, 0) is 55.8 Å². The highest BCUT2D eigenvalue weighted by atomic mass is 16.2. The maximum absolute atomic E-state index is 12.7. The summed E-state index contributed by atoms with van der Waals surface area (Å²) in [7, 11) is 0. The highest BCUT2D eigenvalue weighted by Crippen LogP contribution is 2.61. The maximum Gasteiger partial charge on any atom is 0.241 e. The highest BCUT2D eigenvalue weighted by Gasteiger charge is 2.56. The molecule has 0 bridgehead atoms. The quantitative estimate of drug-likeness (QED) is 0.776. The van der Waals surface area contributed by atoms with Crippen LogP contribution in [0.5, 0.6) is 0 Å². The first-order valence-corrected chi connectivity index (χ1v) is 8.62. The first-order valence-electron chi connectivity index (χ1n) is 8.62. The summed E-state index contributed by atoms with van der Waals surface area (Å²) in [5.74, 6) is 1.95. The number of amides is 1. The Labute approximate surface area is 123 Å². The first-order chi connectivity index (χ1) is 9.55. The van der Waals surface area contributed by atoms with Gasteiger partial charge in [-0.2, -0.15) is 0 Å². The van der Waals surface area contributed by atoms with E-state index in [4.69, 9.17) is 0 Å². The Morgan fingerprint density at radius 1 is 1.35 bits per heavy atom. The molecule has 2 unspecified atom stereocenters. The molecule has 1 saturated heterocycles. The van der Waals surface area contributed by atoms with Gasteiger partial charge in [-0.1, -0.05) is 27.2 Å². The van der Waals surface area contributed by atoms with Crippen LogP contribution in [0.25, 0.3) is 0 Å². The lowest BCUT2D eigenvalue weighted by Gasteiger charge is -2.30. The van der Waals surface area contributed by atoms with Crippen LogP contribution in [0.4, 0.5) is 0 Å². The summed E-state index contributed by atoms with van der Waals surface area (Å²) in [5.41, 5.74) is 0.522. The molecule has 3 heteroatoms. The Hall–Kier alpha value is -0.570. The molecule has 0 radical (unpaired) electrons. The van der Waals surface area contributed by atoms with Gasteiger partial charge in [0.25, 0.3) is 0 Å². The van der Waals surface area contributed by atoms with Crippen molar-refractivity contribution in [2.45, 2.75) is 77.9 Å². The van der Waals surface area contributed by atoms with Crippen LogP contribution < -0.4 is 5.32 Å². The summed E-state index contributed by atoms with van der Waals surface area (Å²) < 4.78 is 0. The summed E-state index contributed by atoms with van der Waals surface area (Å²) in [4.78, 5) is 14.9. The maximum atomic E-state index is 12.7. The Morgan fingerprint density at radius 2 is 2.05 bits per heavy atom. The molecular weight excluding hydrogens is 248 g/mol. The SMILES string of the molecule is CCCC1NC(CC(C)C)N(CC2(C3CC3)CC2)C1=O. The molecule has 20 heavy (non-hydrogen) atoms. The Kier molecular flexibility index (Phi) is 3.83. The summed E-state index contributed by atoms with van der Waals surface area (Å²) in [5, 5.41) is 3.61. The van der Waals surface area contributed by atoms with E-state index in [9.17, 15) is 4.79 Å². The molecule has 0 aromatic heterocycles. The third kappa shape index (κ3) is 2.74. The van der Waals surface area contributed by atoms with Crippen molar-refractivity contribution in [3.63, 3.8) is 0 Å². The average molecular weight is 278 g/mol.